The Labute approximate surface area is 91.4 Å². The maximum absolute atomic E-state index is 10.9. The van der Waals surface area contributed by atoms with Crippen molar-refractivity contribution >= 4 is 11.9 Å². The molecular formula is C11H21NO3. The van der Waals surface area contributed by atoms with E-state index in [4.69, 9.17) is 0 Å². The second-order valence-electron chi connectivity index (χ2n) is 4.49. The maximum atomic E-state index is 10.9. The van der Waals surface area contributed by atoms with Crippen LogP contribution in [0.4, 0.5) is 4.79 Å². The van der Waals surface area contributed by atoms with Gasteiger partial charge in [-0.2, -0.15) is 0 Å². The summed E-state index contributed by atoms with van der Waals surface area (Å²) in [6.07, 6.45) is 0.937. The molecule has 88 valence electrons. The lowest BCUT2D eigenvalue weighted by molar-refractivity contribution is -0.119. The minimum atomic E-state index is -0.590. The Hall–Kier alpha value is -1.06. The number of methoxy groups -OCH3 is 1. The molecule has 1 fully saturated rings. The molecule has 0 atom stereocenters. The Morgan fingerprint density at radius 3 is 1.87 bits per heavy atom. The number of ether oxygens (including phenoxy) is 1. The van der Waals surface area contributed by atoms with Gasteiger partial charge in [0, 0.05) is 0 Å². The SMILES string of the molecule is CC(C)C.COC(=O)NC1(C(C)=O)CC1. The van der Waals surface area contributed by atoms with Crippen LogP contribution in [0.15, 0.2) is 0 Å². The van der Waals surface area contributed by atoms with Gasteiger partial charge in [0.15, 0.2) is 5.78 Å². The quantitative estimate of drug-likeness (QED) is 0.767. The van der Waals surface area contributed by atoms with Gasteiger partial charge in [0.25, 0.3) is 0 Å². The van der Waals surface area contributed by atoms with Crippen molar-refractivity contribution < 1.29 is 14.3 Å². The van der Waals surface area contributed by atoms with Crippen LogP contribution in [-0.4, -0.2) is 24.5 Å². The number of carbonyl (C=O) groups is 2. The monoisotopic (exact) mass is 215 g/mol. The van der Waals surface area contributed by atoms with E-state index < -0.39 is 11.6 Å². The molecule has 1 aliphatic carbocycles. The van der Waals surface area contributed by atoms with Gasteiger partial charge in [0.2, 0.25) is 0 Å². The third kappa shape index (κ3) is 5.40. The second kappa shape index (κ2) is 5.73. The number of nitrogens with one attached hydrogen (secondary N) is 1. The second-order valence-corrected chi connectivity index (χ2v) is 4.49. The molecule has 0 aromatic rings. The van der Waals surface area contributed by atoms with Gasteiger partial charge in [-0.3, -0.25) is 4.79 Å². The number of rotatable bonds is 2. The van der Waals surface area contributed by atoms with Gasteiger partial charge in [0.05, 0.1) is 7.11 Å². The van der Waals surface area contributed by atoms with Crippen molar-refractivity contribution in [1.82, 2.24) is 5.32 Å². The van der Waals surface area contributed by atoms with Crippen molar-refractivity contribution in [2.45, 2.75) is 46.1 Å². The van der Waals surface area contributed by atoms with Gasteiger partial charge in [-0.1, -0.05) is 20.8 Å². The first-order chi connectivity index (χ1) is 6.84. The van der Waals surface area contributed by atoms with Gasteiger partial charge < -0.3 is 10.1 Å². The normalized spacial score (nSPS) is 16.1. The average molecular weight is 215 g/mol. The first-order valence-corrected chi connectivity index (χ1v) is 5.21. The van der Waals surface area contributed by atoms with E-state index in [1.807, 2.05) is 0 Å². The van der Waals surface area contributed by atoms with Crippen LogP contribution in [0.3, 0.4) is 0 Å². The van der Waals surface area contributed by atoms with Crippen molar-refractivity contribution in [3.63, 3.8) is 0 Å². The van der Waals surface area contributed by atoms with Crippen LogP contribution >= 0.6 is 0 Å². The van der Waals surface area contributed by atoms with Crippen LogP contribution in [-0.2, 0) is 9.53 Å². The highest BCUT2D eigenvalue weighted by molar-refractivity contribution is 5.92. The summed E-state index contributed by atoms with van der Waals surface area (Å²) in [5, 5.41) is 2.51. The standard InChI is InChI=1S/C7H11NO3.C4H10/c1-5(9)7(3-4-7)8-6(10)11-2;1-4(2)3/h3-4H2,1-2H3,(H,8,10);4H,1-3H3. The smallest absolute Gasteiger partial charge is 0.407 e. The van der Waals surface area contributed by atoms with Crippen LogP contribution < -0.4 is 5.32 Å². The molecular weight excluding hydrogens is 194 g/mol. The van der Waals surface area contributed by atoms with Crippen LogP contribution in [0, 0.1) is 5.92 Å². The molecule has 0 saturated heterocycles. The molecule has 1 saturated carbocycles. The van der Waals surface area contributed by atoms with Gasteiger partial charge in [-0.15, -0.1) is 0 Å². The number of hydrogen-bond acceptors (Lipinski definition) is 3. The number of amides is 1. The highest BCUT2D eigenvalue weighted by Gasteiger charge is 2.48. The van der Waals surface area contributed by atoms with E-state index in [0.29, 0.717) is 0 Å². The summed E-state index contributed by atoms with van der Waals surface area (Å²) >= 11 is 0. The summed E-state index contributed by atoms with van der Waals surface area (Å²) in [6.45, 7) is 7.98. The predicted molar refractivity (Wildman–Crippen MR) is 58.7 cm³/mol. The van der Waals surface area contributed by atoms with E-state index in [9.17, 15) is 9.59 Å². The lowest BCUT2D eigenvalue weighted by Crippen LogP contribution is -2.41. The molecule has 15 heavy (non-hydrogen) atoms. The average Bonchev–Trinajstić information content (AvgIpc) is 2.84. The molecule has 0 aromatic carbocycles. The molecule has 0 unspecified atom stereocenters. The minimum Gasteiger partial charge on any atom is -0.453 e. The van der Waals surface area contributed by atoms with E-state index in [1.165, 1.54) is 14.0 Å². The predicted octanol–water partition coefficient (Wildman–Crippen LogP) is 2.13. The van der Waals surface area contributed by atoms with Crippen LogP contribution in [0.5, 0.6) is 0 Å². The zero-order valence-electron chi connectivity index (χ0n) is 10.2. The topological polar surface area (TPSA) is 55.4 Å². The van der Waals surface area contributed by atoms with E-state index in [1.54, 1.807) is 0 Å². The molecule has 0 aromatic heterocycles. The molecule has 0 heterocycles. The van der Waals surface area contributed by atoms with Gasteiger partial charge in [-0.05, 0) is 25.7 Å². The first kappa shape index (κ1) is 13.9. The Kier molecular flexibility index (Phi) is 5.33. The molecule has 4 heteroatoms. The summed E-state index contributed by atoms with van der Waals surface area (Å²) in [7, 11) is 1.28. The third-order valence-corrected chi connectivity index (χ3v) is 1.95. The Bertz CT molecular complexity index is 229. The number of alkyl carbamates (subject to hydrolysis) is 1. The highest BCUT2D eigenvalue weighted by atomic mass is 16.5. The van der Waals surface area contributed by atoms with Crippen molar-refractivity contribution in [2.75, 3.05) is 7.11 Å². The number of carbonyl (C=O) groups excluding carboxylic acids is 2. The zero-order chi connectivity index (χ0) is 12.1. The molecule has 0 bridgehead atoms. The van der Waals surface area contributed by atoms with E-state index >= 15 is 0 Å². The zero-order valence-corrected chi connectivity index (χ0v) is 10.2. The van der Waals surface area contributed by atoms with Crippen LogP contribution in [0.25, 0.3) is 0 Å². The largest absolute Gasteiger partial charge is 0.453 e. The molecule has 0 spiro atoms. The maximum Gasteiger partial charge on any atom is 0.407 e. The van der Waals surface area contributed by atoms with Gasteiger partial charge in [-0.25, -0.2) is 4.79 Å². The first-order valence-electron chi connectivity index (χ1n) is 5.21. The minimum absolute atomic E-state index is 0.00269. The number of Topliss-reactive ketones (excluding diaryl/α,β-unsaturated/α-hetero) is 1. The van der Waals surface area contributed by atoms with Crippen molar-refractivity contribution in [1.29, 1.82) is 0 Å². The van der Waals surface area contributed by atoms with E-state index in [0.717, 1.165) is 18.8 Å². The molecule has 4 nitrogen and oxygen atoms in total. The summed E-state index contributed by atoms with van der Waals surface area (Å²) in [6, 6.07) is 0. The number of hydrogen-bond donors (Lipinski definition) is 1. The van der Waals surface area contributed by atoms with Crippen molar-refractivity contribution in [2.24, 2.45) is 5.92 Å². The van der Waals surface area contributed by atoms with Crippen molar-refractivity contribution in [3.05, 3.63) is 0 Å². The summed E-state index contributed by atoms with van der Waals surface area (Å²) in [4.78, 5) is 21.6. The van der Waals surface area contributed by atoms with E-state index in [-0.39, 0.29) is 5.78 Å². The van der Waals surface area contributed by atoms with Crippen LogP contribution in [0.1, 0.15) is 40.5 Å². The Morgan fingerprint density at radius 2 is 1.67 bits per heavy atom. The van der Waals surface area contributed by atoms with E-state index in [2.05, 4.69) is 30.8 Å². The molecule has 1 aliphatic rings. The summed E-state index contributed by atoms with van der Waals surface area (Å²) < 4.78 is 4.37. The fourth-order valence-electron chi connectivity index (χ4n) is 0.936. The molecule has 1 amide bonds. The summed E-state index contributed by atoms with van der Waals surface area (Å²) in [5.41, 5.74) is -0.590. The molecule has 0 aliphatic heterocycles. The third-order valence-electron chi connectivity index (χ3n) is 1.95. The fraction of sp³-hybridized carbons (Fsp3) is 0.818. The molecule has 1 N–H and O–H groups in total. The lowest BCUT2D eigenvalue weighted by atomic mass is 10.2. The Morgan fingerprint density at radius 1 is 1.27 bits per heavy atom. The lowest BCUT2D eigenvalue weighted by Gasteiger charge is -2.11. The highest BCUT2D eigenvalue weighted by Crippen LogP contribution is 2.36. The molecule has 1 rings (SSSR count). The Balaban J connectivity index is 0.000000423. The number of ketones is 1. The fourth-order valence-corrected chi connectivity index (χ4v) is 0.936. The summed E-state index contributed by atoms with van der Waals surface area (Å²) in [5.74, 6) is 0.836. The van der Waals surface area contributed by atoms with Gasteiger partial charge in [0.1, 0.15) is 5.54 Å². The van der Waals surface area contributed by atoms with Crippen molar-refractivity contribution in [3.8, 4) is 0 Å². The van der Waals surface area contributed by atoms with Gasteiger partial charge >= 0.3 is 6.09 Å². The van der Waals surface area contributed by atoms with Crippen LogP contribution in [0.2, 0.25) is 0 Å². The molecule has 0 radical (unpaired) electrons.